The van der Waals surface area contributed by atoms with Crippen LogP contribution in [-0.2, 0) is 6.54 Å². The molecule has 7 nitrogen and oxygen atoms in total. The Bertz CT molecular complexity index is 689. The lowest BCUT2D eigenvalue weighted by molar-refractivity contribution is 0.321. The Balaban J connectivity index is 1.80. The van der Waals surface area contributed by atoms with E-state index in [0.717, 1.165) is 29.7 Å². The van der Waals surface area contributed by atoms with Gasteiger partial charge in [0.05, 0.1) is 33.0 Å². The van der Waals surface area contributed by atoms with Gasteiger partial charge in [0.25, 0.3) is 0 Å². The third kappa shape index (κ3) is 6.51. The number of guanidine groups is 1. The molecule has 2 aromatic rings. The van der Waals surface area contributed by atoms with Crippen molar-refractivity contribution in [2.75, 3.05) is 33.9 Å². The van der Waals surface area contributed by atoms with Gasteiger partial charge in [0, 0.05) is 12.6 Å². The molecule has 0 fully saturated rings. The zero-order chi connectivity index (χ0) is 18.6. The van der Waals surface area contributed by atoms with E-state index in [9.17, 15) is 0 Å². The number of benzene rings is 1. The first-order chi connectivity index (χ1) is 12.7. The van der Waals surface area contributed by atoms with Gasteiger partial charge in [0.1, 0.15) is 18.1 Å². The predicted octanol–water partition coefficient (Wildman–Crippen LogP) is 2.23. The van der Waals surface area contributed by atoms with Gasteiger partial charge in [0.2, 0.25) is 5.88 Å². The van der Waals surface area contributed by atoms with E-state index in [1.165, 1.54) is 0 Å². The zero-order valence-electron chi connectivity index (χ0n) is 15.5. The summed E-state index contributed by atoms with van der Waals surface area (Å²) >= 11 is 0. The summed E-state index contributed by atoms with van der Waals surface area (Å²) in [6, 6.07) is 13.1. The molecule has 1 aromatic carbocycles. The molecule has 0 aliphatic carbocycles. The highest BCUT2D eigenvalue weighted by Crippen LogP contribution is 2.16. The minimum Gasteiger partial charge on any atom is -0.497 e. The Kier molecular flexibility index (Phi) is 8.05. The van der Waals surface area contributed by atoms with Gasteiger partial charge in [0.15, 0.2) is 5.96 Å². The largest absolute Gasteiger partial charge is 0.497 e. The van der Waals surface area contributed by atoms with Gasteiger partial charge in [-0.1, -0.05) is 6.07 Å². The normalized spacial score (nSPS) is 11.0. The number of pyridine rings is 1. The van der Waals surface area contributed by atoms with E-state index >= 15 is 0 Å². The molecule has 0 saturated heterocycles. The molecule has 0 aliphatic rings. The third-order valence-electron chi connectivity index (χ3n) is 3.46. The molecule has 0 amide bonds. The van der Waals surface area contributed by atoms with Gasteiger partial charge >= 0.3 is 0 Å². The Morgan fingerprint density at radius 1 is 1.00 bits per heavy atom. The highest BCUT2D eigenvalue weighted by molar-refractivity contribution is 5.79. The zero-order valence-corrected chi connectivity index (χ0v) is 15.5. The first-order valence-electron chi connectivity index (χ1n) is 8.54. The number of aliphatic imine (C=N–C) groups is 1. The molecule has 7 heteroatoms. The maximum Gasteiger partial charge on any atom is 0.213 e. The summed E-state index contributed by atoms with van der Waals surface area (Å²) in [5.74, 6) is 2.91. The summed E-state index contributed by atoms with van der Waals surface area (Å²) in [5, 5.41) is 6.45. The monoisotopic (exact) mass is 358 g/mol. The van der Waals surface area contributed by atoms with Crippen LogP contribution in [0.15, 0.2) is 47.5 Å². The van der Waals surface area contributed by atoms with Crippen LogP contribution in [0.3, 0.4) is 0 Å². The Morgan fingerprint density at radius 3 is 2.46 bits per heavy atom. The quantitative estimate of drug-likeness (QED) is 0.407. The van der Waals surface area contributed by atoms with E-state index in [1.54, 1.807) is 14.2 Å². The van der Waals surface area contributed by atoms with Crippen LogP contribution in [0.25, 0.3) is 0 Å². The summed E-state index contributed by atoms with van der Waals surface area (Å²) in [6.07, 6.45) is 0. The number of aromatic nitrogens is 1. The molecule has 0 radical (unpaired) electrons. The van der Waals surface area contributed by atoms with Gasteiger partial charge in [-0.15, -0.1) is 0 Å². The topological polar surface area (TPSA) is 77.0 Å². The number of rotatable bonds is 9. The second-order valence-electron chi connectivity index (χ2n) is 5.32. The summed E-state index contributed by atoms with van der Waals surface area (Å²) in [7, 11) is 3.24. The Hall–Kier alpha value is -2.96. The van der Waals surface area contributed by atoms with Crippen LogP contribution in [0.2, 0.25) is 0 Å². The first-order valence-corrected chi connectivity index (χ1v) is 8.54. The lowest BCUT2D eigenvalue weighted by Gasteiger charge is -2.12. The van der Waals surface area contributed by atoms with Crippen molar-refractivity contribution in [1.82, 2.24) is 15.6 Å². The van der Waals surface area contributed by atoms with Crippen LogP contribution < -0.4 is 24.8 Å². The maximum atomic E-state index is 5.70. The molecule has 1 heterocycles. The minimum absolute atomic E-state index is 0.464. The van der Waals surface area contributed by atoms with Gasteiger partial charge < -0.3 is 24.8 Å². The van der Waals surface area contributed by atoms with Crippen LogP contribution in [0, 0.1) is 0 Å². The molecule has 0 aliphatic heterocycles. The second-order valence-corrected chi connectivity index (χ2v) is 5.32. The number of hydrogen-bond donors (Lipinski definition) is 2. The average molecular weight is 358 g/mol. The summed E-state index contributed by atoms with van der Waals surface area (Å²) in [4.78, 5) is 8.88. The van der Waals surface area contributed by atoms with E-state index in [1.807, 2.05) is 49.4 Å². The number of nitrogens with one attached hydrogen (secondary N) is 2. The minimum atomic E-state index is 0.464. The Labute approximate surface area is 154 Å². The molecule has 2 rings (SSSR count). The number of ether oxygens (including phenoxy) is 3. The molecule has 2 N–H and O–H groups in total. The van der Waals surface area contributed by atoms with Crippen molar-refractivity contribution in [2.24, 2.45) is 4.99 Å². The van der Waals surface area contributed by atoms with Crippen LogP contribution >= 0.6 is 0 Å². The van der Waals surface area contributed by atoms with Crippen molar-refractivity contribution in [2.45, 2.75) is 13.5 Å². The number of hydrogen-bond acceptors (Lipinski definition) is 5. The Morgan fingerprint density at radius 2 is 1.77 bits per heavy atom. The molecule has 0 bridgehead atoms. The fraction of sp³-hybridized carbons (Fsp3) is 0.368. The molecular weight excluding hydrogens is 332 g/mol. The lowest BCUT2D eigenvalue weighted by Crippen LogP contribution is -2.39. The predicted molar refractivity (Wildman–Crippen MR) is 102 cm³/mol. The first kappa shape index (κ1) is 19.4. The number of nitrogens with zero attached hydrogens (tertiary/aromatic N) is 2. The summed E-state index contributed by atoms with van der Waals surface area (Å²) < 4.78 is 16.0. The summed E-state index contributed by atoms with van der Waals surface area (Å²) in [6.45, 7) is 4.41. The van der Waals surface area contributed by atoms with Gasteiger partial charge in [-0.25, -0.2) is 9.98 Å². The molecule has 0 atom stereocenters. The molecule has 140 valence electrons. The molecular formula is C19H26N4O3. The van der Waals surface area contributed by atoms with Crippen LogP contribution in [0.1, 0.15) is 12.6 Å². The smallest absolute Gasteiger partial charge is 0.213 e. The van der Waals surface area contributed by atoms with Crippen molar-refractivity contribution >= 4 is 5.96 Å². The molecule has 26 heavy (non-hydrogen) atoms. The van der Waals surface area contributed by atoms with Crippen molar-refractivity contribution in [3.63, 3.8) is 0 Å². The van der Waals surface area contributed by atoms with Gasteiger partial charge in [-0.2, -0.15) is 0 Å². The standard InChI is InChI=1S/C19H26N4O3/c1-4-20-19(22-14-15-6-5-7-18(23-15)25-3)21-12-13-26-17-10-8-16(24-2)9-11-17/h5-11H,4,12-14H2,1-3H3,(H2,20,21,22). The van der Waals surface area contributed by atoms with Crippen molar-refractivity contribution in [3.8, 4) is 17.4 Å². The van der Waals surface area contributed by atoms with E-state index < -0.39 is 0 Å². The highest BCUT2D eigenvalue weighted by atomic mass is 16.5. The van der Waals surface area contributed by atoms with E-state index in [4.69, 9.17) is 14.2 Å². The van der Waals surface area contributed by atoms with E-state index in [-0.39, 0.29) is 0 Å². The van der Waals surface area contributed by atoms with Gasteiger partial charge in [-0.3, -0.25) is 0 Å². The second kappa shape index (κ2) is 10.8. The third-order valence-corrected chi connectivity index (χ3v) is 3.46. The van der Waals surface area contributed by atoms with Crippen LogP contribution in [0.5, 0.6) is 17.4 Å². The van der Waals surface area contributed by atoms with Crippen molar-refractivity contribution < 1.29 is 14.2 Å². The lowest BCUT2D eigenvalue weighted by atomic mass is 10.3. The molecule has 0 spiro atoms. The summed E-state index contributed by atoms with van der Waals surface area (Å²) in [5.41, 5.74) is 0.844. The molecule has 1 aromatic heterocycles. The van der Waals surface area contributed by atoms with E-state index in [2.05, 4.69) is 20.6 Å². The molecule has 0 unspecified atom stereocenters. The fourth-order valence-corrected chi connectivity index (χ4v) is 2.17. The maximum absolute atomic E-state index is 5.70. The van der Waals surface area contributed by atoms with Crippen molar-refractivity contribution in [3.05, 3.63) is 48.2 Å². The van der Waals surface area contributed by atoms with Crippen LogP contribution in [0.4, 0.5) is 0 Å². The van der Waals surface area contributed by atoms with Gasteiger partial charge in [-0.05, 0) is 37.3 Å². The van der Waals surface area contributed by atoms with E-state index in [0.29, 0.717) is 25.6 Å². The van der Waals surface area contributed by atoms with Crippen LogP contribution in [-0.4, -0.2) is 44.9 Å². The number of methoxy groups -OCH3 is 2. The average Bonchev–Trinajstić information content (AvgIpc) is 2.69. The molecule has 0 saturated carbocycles. The van der Waals surface area contributed by atoms with Crippen molar-refractivity contribution in [1.29, 1.82) is 0 Å². The SMILES string of the molecule is CCNC(=NCc1cccc(OC)n1)NCCOc1ccc(OC)cc1. The highest BCUT2D eigenvalue weighted by Gasteiger charge is 2.01. The fourth-order valence-electron chi connectivity index (χ4n) is 2.17.